The molecule has 1 unspecified atom stereocenters. The average molecular weight is 1200 g/mol. The smallest absolute Gasteiger partial charge is 0.251 e. The number of nitrogens with one attached hydrogen (secondary N) is 6. The number of ether oxygens (including phenoxy) is 2. The van der Waals surface area contributed by atoms with Crippen LogP contribution in [0.2, 0.25) is 0 Å². The van der Waals surface area contributed by atoms with Gasteiger partial charge in [-0.25, -0.2) is 0 Å². The number of amides is 8. The first-order chi connectivity index (χ1) is 42.2. The molecule has 0 aromatic heterocycles. The molecule has 20 heteroatoms. The van der Waals surface area contributed by atoms with Crippen LogP contribution in [-0.4, -0.2) is 190 Å². The number of rotatable bonds is 26. The molecule has 8 rings (SSSR count). The van der Waals surface area contributed by atoms with Crippen LogP contribution in [-0.2, 0) is 51.1 Å². The van der Waals surface area contributed by atoms with Crippen LogP contribution in [0.4, 0.5) is 0 Å². The van der Waals surface area contributed by atoms with Crippen molar-refractivity contribution in [3.8, 4) is 11.1 Å². The highest BCUT2D eigenvalue weighted by molar-refractivity contribution is 5.98. The topological polar surface area (TPSA) is 240 Å². The molecule has 4 aliphatic rings. The molecule has 20 nitrogen and oxygen atoms in total. The van der Waals surface area contributed by atoms with Crippen molar-refractivity contribution in [1.29, 1.82) is 0 Å². The Morgan fingerprint density at radius 1 is 0.529 bits per heavy atom. The average Bonchev–Trinajstić information content (AvgIpc) is 3.23. The van der Waals surface area contributed by atoms with Crippen molar-refractivity contribution in [3.63, 3.8) is 0 Å². The summed E-state index contributed by atoms with van der Waals surface area (Å²) in [5, 5.41) is 17.7. The number of hydrogen-bond donors (Lipinski definition) is 6. The second-order valence-electron chi connectivity index (χ2n) is 23.6. The molecule has 87 heavy (non-hydrogen) atoms. The maximum absolute atomic E-state index is 14.7. The molecule has 2 saturated carbocycles. The third-order valence-electron chi connectivity index (χ3n) is 17.8. The van der Waals surface area contributed by atoms with Crippen LogP contribution >= 0.6 is 0 Å². The van der Waals surface area contributed by atoms with Gasteiger partial charge < -0.3 is 61.0 Å². The van der Waals surface area contributed by atoms with Crippen LogP contribution in [0.5, 0.6) is 0 Å². The molecule has 4 aromatic rings. The summed E-state index contributed by atoms with van der Waals surface area (Å²) in [4.78, 5) is 119. The molecule has 2 aliphatic heterocycles. The van der Waals surface area contributed by atoms with Crippen molar-refractivity contribution in [3.05, 3.63) is 131 Å². The second kappa shape index (κ2) is 33.0. The Morgan fingerprint density at radius 3 is 1.45 bits per heavy atom. The van der Waals surface area contributed by atoms with Crippen molar-refractivity contribution in [2.24, 2.45) is 11.8 Å². The van der Waals surface area contributed by atoms with E-state index in [4.69, 9.17) is 9.47 Å². The normalized spacial score (nSPS) is 18.9. The molecule has 0 bridgehead atoms. The standard InChI is InChI=1S/C67H90N10O10/c1-46(68-3)62(80)72-60(52-21-13-7-14-22-52)66(84)75-37-39-86-44-56(75)43-74(35-33-48-17-9-5-10-18-48)58(78)41-70-64(82)54-29-25-50(26-30-54)51-27-31-55(32-28-51)65(83)71-42-59(79)76(36-34-49-19-11-6-12-20-49)57-45-87-40-38-77(57)67(85)61(53-23-15-8-16-24-53)73-63(81)47(2)69-4/h5-6,9-12,17-20,25-32,46-47,52-53,56-57,60-61,68-69H,7-8,13-16,21-24,33-45H2,1-4H3,(H,70,82)(H,71,83)(H,72,80)(H,73,81)/t46-,47-,56+,57?,60-,61-/m0/s1. The van der Waals surface area contributed by atoms with E-state index in [1.54, 1.807) is 96.1 Å². The number of carbonyl (C=O) groups excluding carboxylic acids is 8. The molecule has 4 fully saturated rings. The van der Waals surface area contributed by atoms with Gasteiger partial charge in [0.05, 0.1) is 57.6 Å². The Morgan fingerprint density at radius 2 is 0.966 bits per heavy atom. The second-order valence-corrected chi connectivity index (χ2v) is 23.6. The van der Waals surface area contributed by atoms with Crippen LogP contribution in [0, 0.1) is 11.8 Å². The lowest BCUT2D eigenvalue weighted by Gasteiger charge is -2.44. The van der Waals surface area contributed by atoms with E-state index < -0.39 is 54.1 Å². The first-order valence-corrected chi connectivity index (χ1v) is 31.4. The van der Waals surface area contributed by atoms with Crippen molar-refractivity contribution in [2.45, 2.75) is 127 Å². The van der Waals surface area contributed by atoms with Gasteiger partial charge >= 0.3 is 0 Å². The van der Waals surface area contributed by atoms with E-state index in [0.29, 0.717) is 43.7 Å². The third-order valence-corrected chi connectivity index (χ3v) is 17.8. The number of likely N-dealkylation sites (N-methyl/N-ethyl adjacent to an activating group) is 2. The first kappa shape index (κ1) is 65.5. The van der Waals surface area contributed by atoms with Crippen LogP contribution in [0.15, 0.2) is 109 Å². The van der Waals surface area contributed by atoms with Gasteiger partial charge in [0.2, 0.25) is 35.4 Å². The summed E-state index contributed by atoms with van der Waals surface area (Å²) in [5.41, 5.74) is 4.24. The fourth-order valence-corrected chi connectivity index (χ4v) is 12.2. The lowest BCUT2D eigenvalue weighted by atomic mass is 9.83. The Kier molecular flexibility index (Phi) is 24.8. The Bertz CT molecular complexity index is 2900. The van der Waals surface area contributed by atoms with Gasteiger partial charge in [0.25, 0.3) is 11.8 Å². The SMILES string of the molecule is CN[C@@H](C)C(=O)N[C@H](C(=O)N1CCOCC1N(CCc1ccccc1)C(=O)CNC(=O)c1ccc(-c2ccc(C(=O)NCC(=O)N(CCc3ccccc3)C[C@@H]3COCCN3C(=O)[C@@H](NC(=O)[C@H](C)NC)C3CCCCC3)cc2)cc1)C1CCCCC1. The number of hydrogen-bond acceptors (Lipinski definition) is 12. The highest BCUT2D eigenvalue weighted by Crippen LogP contribution is 2.31. The van der Waals surface area contributed by atoms with Crippen LogP contribution < -0.4 is 31.9 Å². The summed E-state index contributed by atoms with van der Waals surface area (Å²) >= 11 is 0. The number of carbonyl (C=O) groups is 8. The van der Waals surface area contributed by atoms with Gasteiger partial charge in [0.1, 0.15) is 18.2 Å². The van der Waals surface area contributed by atoms with E-state index in [0.717, 1.165) is 86.5 Å². The zero-order valence-electron chi connectivity index (χ0n) is 51.1. The van der Waals surface area contributed by atoms with E-state index in [-0.39, 0.29) is 93.9 Å². The Hall–Kier alpha value is -7.52. The molecule has 0 radical (unpaired) electrons. The third kappa shape index (κ3) is 18.3. The predicted molar refractivity (Wildman–Crippen MR) is 332 cm³/mol. The lowest BCUT2D eigenvalue weighted by Crippen LogP contribution is -2.65. The van der Waals surface area contributed by atoms with E-state index in [1.165, 1.54) is 0 Å². The number of morpholine rings is 2. The van der Waals surface area contributed by atoms with E-state index in [2.05, 4.69) is 31.9 Å². The van der Waals surface area contributed by atoms with E-state index in [1.807, 2.05) is 60.7 Å². The van der Waals surface area contributed by atoms with E-state index in [9.17, 15) is 38.4 Å². The van der Waals surface area contributed by atoms with Crippen LogP contribution in [0.1, 0.15) is 110 Å². The zero-order chi connectivity index (χ0) is 61.7. The summed E-state index contributed by atoms with van der Waals surface area (Å²) in [7, 11) is 3.41. The molecule has 6 atom stereocenters. The molecule has 2 saturated heterocycles. The van der Waals surface area contributed by atoms with Gasteiger partial charge in [-0.3, -0.25) is 38.4 Å². The minimum absolute atomic E-state index is 0.000413. The van der Waals surface area contributed by atoms with Crippen molar-refractivity contribution >= 4 is 47.3 Å². The fourth-order valence-electron chi connectivity index (χ4n) is 12.2. The Balaban J connectivity index is 0.888. The molecule has 4 aromatic carbocycles. The highest BCUT2D eigenvalue weighted by Gasteiger charge is 2.42. The lowest BCUT2D eigenvalue weighted by molar-refractivity contribution is -0.161. The zero-order valence-corrected chi connectivity index (χ0v) is 51.1. The Labute approximate surface area is 512 Å². The fraction of sp³-hybridized carbons (Fsp3) is 0.522. The molecule has 2 heterocycles. The van der Waals surface area contributed by atoms with Gasteiger partial charge in [0.15, 0.2) is 0 Å². The molecule has 0 spiro atoms. The van der Waals surface area contributed by atoms with Crippen molar-refractivity contribution < 1.29 is 47.8 Å². The molecule has 8 amide bonds. The van der Waals surface area contributed by atoms with Gasteiger partial charge in [-0.1, -0.05) is 123 Å². The predicted octanol–water partition coefficient (Wildman–Crippen LogP) is 4.71. The molecule has 468 valence electrons. The molecular formula is C67H90N10O10. The first-order valence-electron chi connectivity index (χ1n) is 31.4. The van der Waals surface area contributed by atoms with Gasteiger partial charge in [-0.2, -0.15) is 0 Å². The van der Waals surface area contributed by atoms with Gasteiger partial charge in [0, 0.05) is 43.9 Å². The quantitative estimate of drug-likeness (QED) is 0.0501. The summed E-state index contributed by atoms with van der Waals surface area (Å²) in [6.45, 7) is 5.10. The van der Waals surface area contributed by atoms with E-state index >= 15 is 0 Å². The maximum atomic E-state index is 14.7. The van der Waals surface area contributed by atoms with Gasteiger partial charge in [-0.15, -0.1) is 0 Å². The maximum Gasteiger partial charge on any atom is 0.251 e. The molecule has 6 N–H and O–H groups in total. The van der Waals surface area contributed by atoms with Gasteiger partial charge in [-0.05, 0) is 125 Å². The van der Waals surface area contributed by atoms with Crippen LogP contribution in [0.3, 0.4) is 0 Å². The van der Waals surface area contributed by atoms with Crippen molar-refractivity contribution in [1.82, 2.24) is 51.5 Å². The number of benzene rings is 4. The number of nitrogens with zero attached hydrogens (tertiary/aromatic N) is 4. The molecular weight excluding hydrogens is 1100 g/mol. The summed E-state index contributed by atoms with van der Waals surface area (Å²) in [6, 6.07) is 30.4. The largest absolute Gasteiger partial charge is 0.377 e. The monoisotopic (exact) mass is 1190 g/mol. The minimum atomic E-state index is -0.775. The van der Waals surface area contributed by atoms with Crippen molar-refractivity contribution in [2.75, 3.05) is 86.3 Å². The summed E-state index contributed by atoms with van der Waals surface area (Å²) in [6.07, 6.45) is 9.65. The highest BCUT2D eigenvalue weighted by atomic mass is 16.5. The minimum Gasteiger partial charge on any atom is -0.377 e. The van der Waals surface area contributed by atoms with Crippen LogP contribution in [0.25, 0.3) is 11.1 Å². The summed E-state index contributed by atoms with van der Waals surface area (Å²) < 4.78 is 11.9. The molecule has 2 aliphatic carbocycles. The summed E-state index contributed by atoms with van der Waals surface area (Å²) in [5.74, 6) is -2.58.